The van der Waals surface area contributed by atoms with E-state index in [-0.39, 0.29) is 5.82 Å². The molecule has 0 aliphatic heterocycles. The van der Waals surface area contributed by atoms with Crippen LogP contribution >= 0.6 is 15.9 Å². The average molecular weight is 529 g/mol. The fraction of sp³-hybridized carbons (Fsp3) is 0.360. The van der Waals surface area contributed by atoms with E-state index in [0.29, 0.717) is 11.9 Å². The van der Waals surface area contributed by atoms with Crippen molar-refractivity contribution in [2.45, 2.75) is 59.3 Å². The third-order valence-corrected chi connectivity index (χ3v) is 5.06. The van der Waals surface area contributed by atoms with Crippen molar-refractivity contribution in [3.63, 3.8) is 0 Å². The molecule has 1 aromatic carbocycles. The topological polar surface area (TPSA) is 93.7 Å². The number of fused-ring (bicyclic) bond motifs is 1. The van der Waals surface area contributed by atoms with Crippen LogP contribution in [0.25, 0.3) is 10.8 Å². The van der Waals surface area contributed by atoms with Gasteiger partial charge in [-0.2, -0.15) is 4.90 Å². The van der Waals surface area contributed by atoms with Crippen molar-refractivity contribution in [2.75, 3.05) is 10.2 Å². The van der Waals surface area contributed by atoms with Gasteiger partial charge in [-0.25, -0.2) is 14.6 Å². The van der Waals surface area contributed by atoms with Crippen molar-refractivity contribution in [1.82, 2.24) is 9.97 Å². The molecule has 0 aliphatic rings. The highest BCUT2D eigenvalue weighted by molar-refractivity contribution is 9.10. The zero-order valence-electron chi connectivity index (χ0n) is 20.2. The number of halogens is 1. The summed E-state index contributed by atoms with van der Waals surface area (Å²) >= 11 is 3.54. The van der Waals surface area contributed by atoms with Crippen LogP contribution in [0.3, 0.4) is 0 Å². The Balaban J connectivity index is 2.02. The van der Waals surface area contributed by atoms with Crippen molar-refractivity contribution < 1.29 is 19.1 Å². The van der Waals surface area contributed by atoms with Crippen LogP contribution in [-0.2, 0) is 16.0 Å². The number of hydrogen-bond donors (Lipinski definition) is 1. The zero-order chi connectivity index (χ0) is 25.1. The van der Waals surface area contributed by atoms with E-state index in [1.807, 2.05) is 30.3 Å². The molecule has 0 saturated heterocycles. The molecule has 2 heterocycles. The molecule has 1 N–H and O–H groups in total. The van der Waals surface area contributed by atoms with E-state index in [2.05, 4.69) is 31.2 Å². The minimum absolute atomic E-state index is 0.135. The summed E-state index contributed by atoms with van der Waals surface area (Å²) in [7, 11) is 0. The Kier molecular flexibility index (Phi) is 7.45. The molecular formula is C25H29BrN4O4. The monoisotopic (exact) mass is 528 g/mol. The summed E-state index contributed by atoms with van der Waals surface area (Å²) in [6, 6.07) is 9.49. The Morgan fingerprint density at radius 2 is 1.53 bits per heavy atom. The van der Waals surface area contributed by atoms with Gasteiger partial charge in [-0.1, -0.05) is 12.1 Å². The number of aromatic nitrogens is 2. The summed E-state index contributed by atoms with van der Waals surface area (Å²) < 4.78 is 11.7. The number of nitrogens with zero attached hydrogens (tertiary/aromatic N) is 3. The largest absolute Gasteiger partial charge is 0.443 e. The number of anilines is 2. The molecule has 0 spiro atoms. The Hall–Kier alpha value is -3.20. The molecule has 2 aromatic heterocycles. The smallest absolute Gasteiger partial charge is 0.425 e. The predicted molar refractivity (Wildman–Crippen MR) is 136 cm³/mol. The van der Waals surface area contributed by atoms with Crippen molar-refractivity contribution in [2.24, 2.45) is 0 Å². The van der Waals surface area contributed by atoms with Crippen LogP contribution in [-0.4, -0.2) is 33.4 Å². The van der Waals surface area contributed by atoms with Gasteiger partial charge in [0.25, 0.3) is 0 Å². The van der Waals surface area contributed by atoms with Crippen LogP contribution in [0.2, 0.25) is 0 Å². The third kappa shape index (κ3) is 6.66. The van der Waals surface area contributed by atoms with Gasteiger partial charge in [-0.15, -0.1) is 0 Å². The molecule has 3 aromatic rings. The highest BCUT2D eigenvalue weighted by atomic mass is 79.9. The first-order valence-corrected chi connectivity index (χ1v) is 11.6. The van der Waals surface area contributed by atoms with Gasteiger partial charge in [0.05, 0.1) is 0 Å². The summed E-state index contributed by atoms with van der Waals surface area (Å²) in [6.07, 6.45) is 3.28. The fourth-order valence-corrected chi connectivity index (χ4v) is 3.50. The van der Waals surface area contributed by atoms with Crippen molar-refractivity contribution in [1.29, 1.82) is 0 Å². The lowest BCUT2D eigenvalue weighted by molar-refractivity contribution is 0.0429. The molecule has 34 heavy (non-hydrogen) atoms. The maximum Gasteiger partial charge on any atom is 0.425 e. The number of ether oxygens (including phenoxy) is 2. The Labute approximate surface area is 207 Å². The zero-order valence-corrected chi connectivity index (χ0v) is 21.8. The van der Waals surface area contributed by atoms with Crippen LogP contribution in [0.4, 0.5) is 21.1 Å². The molecule has 0 bridgehead atoms. The van der Waals surface area contributed by atoms with E-state index < -0.39 is 23.4 Å². The molecule has 180 valence electrons. The Morgan fingerprint density at radius 1 is 0.941 bits per heavy atom. The van der Waals surface area contributed by atoms with Gasteiger partial charge in [0.15, 0.2) is 5.82 Å². The van der Waals surface area contributed by atoms with Crippen LogP contribution < -0.4 is 10.2 Å². The van der Waals surface area contributed by atoms with Gasteiger partial charge < -0.3 is 14.8 Å². The molecule has 8 nitrogen and oxygen atoms in total. The summed E-state index contributed by atoms with van der Waals surface area (Å²) in [5.41, 5.74) is 0.330. The maximum absolute atomic E-state index is 13.1. The predicted octanol–water partition coefficient (Wildman–Crippen LogP) is 6.68. The number of hydrogen-bond acceptors (Lipinski definition) is 7. The quantitative estimate of drug-likeness (QED) is 0.403. The second kappa shape index (κ2) is 9.97. The van der Waals surface area contributed by atoms with Gasteiger partial charge >= 0.3 is 12.2 Å². The normalized spacial score (nSPS) is 11.7. The van der Waals surface area contributed by atoms with Gasteiger partial charge in [-0.05, 0) is 81.2 Å². The number of amides is 2. The van der Waals surface area contributed by atoms with Crippen LogP contribution in [0.15, 0.2) is 53.4 Å². The van der Waals surface area contributed by atoms with Gasteiger partial charge in [-0.3, -0.25) is 4.98 Å². The van der Waals surface area contributed by atoms with Crippen LogP contribution in [0.5, 0.6) is 0 Å². The SMILES string of the molecule is CC(C)(C)OC(=O)N(C(=O)OC(C)(C)C)c1ncc(Br)c2cc(CNc3ccncc3)ccc12. The molecule has 0 fully saturated rings. The minimum atomic E-state index is -0.860. The standard InChI is InChI=1S/C25H29BrN4O4/c1-24(2,3)33-22(31)30(23(32)34-25(4,5)6)21-18-8-7-16(13-19(18)20(26)15-29-21)14-28-17-9-11-27-12-10-17/h7-13,15H,14H2,1-6H3,(H,27,28). The number of nitrogens with one attached hydrogen (secondary N) is 1. The molecule has 0 unspecified atom stereocenters. The minimum Gasteiger partial charge on any atom is -0.443 e. The second-order valence-electron chi connectivity index (χ2n) is 9.70. The van der Waals surface area contributed by atoms with E-state index in [9.17, 15) is 9.59 Å². The summed E-state index contributed by atoms with van der Waals surface area (Å²) in [5, 5.41) is 4.73. The number of carbonyl (C=O) groups is 2. The maximum atomic E-state index is 13.1. The van der Waals surface area contributed by atoms with E-state index >= 15 is 0 Å². The first kappa shape index (κ1) is 25.4. The summed E-state index contributed by atoms with van der Waals surface area (Å²) in [5.74, 6) is 0.135. The molecule has 0 atom stereocenters. The number of benzene rings is 1. The molecule has 0 saturated carbocycles. The van der Waals surface area contributed by atoms with Gasteiger partial charge in [0.2, 0.25) is 0 Å². The Morgan fingerprint density at radius 3 is 2.09 bits per heavy atom. The van der Waals surface area contributed by atoms with Crippen LogP contribution in [0, 0.1) is 0 Å². The number of imide groups is 1. The molecule has 0 aliphatic carbocycles. The van der Waals surface area contributed by atoms with E-state index in [1.165, 1.54) is 0 Å². The van der Waals surface area contributed by atoms with Crippen molar-refractivity contribution >= 4 is 50.4 Å². The number of carbonyl (C=O) groups excluding carboxylic acids is 2. The first-order valence-electron chi connectivity index (χ1n) is 10.8. The summed E-state index contributed by atoms with van der Waals surface area (Å²) in [4.78, 5) is 35.4. The third-order valence-electron chi connectivity index (χ3n) is 4.42. The van der Waals surface area contributed by atoms with E-state index in [1.54, 1.807) is 60.1 Å². The lowest BCUT2D eigenvalue weighted by atomic mass is 10.1. The van der Waals surface area contributed by atoms with E-state index in [0.717, 1.165) is 26.0 Å². The summed E-state index contributed by atoms with van der Waals surface area (Å²) in [6.45, 7) is 11.0. The lowest BCUT2D eigenvalue weighted by Crippen LogP contribution is -2.44. The molecule has 0 radical (unpaired) electrons. The molecule has 3 rings (SSSR count). The molecular weight excluding hydrogens is 500 g/mol. The van der Waals surface area contributed by atoms with E-state index in [4.69, 9.17) is 9.47 Å². The van der Waals surface area contributed by atoms with Crippen molar-refractivity contribution in [3.05, 3.63) is 59.0 Å². The Bertz CT molecular complexity index is 1160. The first-order chi connectivity index (χ1) is 15.8. The van der Waals surface area contributed by atoms with Gasteiger partial charge in [0.1, 0.15) is 11.2 Å². The highest BCUT2D eigenvalue weighted by Gasteiger charge is 2.34. The molecule has 2 amide bonds. The second-order valence-corrected chi connectivity index (χ2v) is 10.5. The van der Waals surface area contributed by atoms with Crippen molar-refractivity contribution in [3.8, 4) is 0 Å². The highest BCUT2D eigenvalue weighted by Crippen LogP contribution is 2.33. The number of rotatable bonds is 4. The lowest BCUT2D eigenvalue weighted by Gasteiger charge is -2.28. The average Bonchev–Trinajstić information content (AvgIpc) is 2.72. The fourth-order valence-electron chi connectivity index (χ4n) is 3.07. The van der Waals surface area contributed by atoms with Gasteiger partial charge in [0, 0.05) is 46.1 Å². The molecule has 9 heteroatoms. The van der Waals surface area contributed by atoms with Crippen LogP contribution in [0.1, 0.15) is 47.1 Å². The number of pyridine rings is 2.